The molecule has 0 saturated heterocycles. The summed E-state index contributed by atoms with van der Waals surface area (Å²) in [6, 6.07) is 0. The van der Waals surface area contributed by atoms with Crippen molar-refractivity contribution < 1.29 is 35.4 Å². The zero-order valence-corrected chi connectivity index (χ0v) is 9.29. The highest BCUT2D eigenvalue weighted by Gasteiger charge is 2.34. The van der Waals surface area contributed by atoms with Crippen LogP contribution in [0.5, 0.6) is 0 Å². The molecule has 0 heterocycles. The van der Waals surface area contributed by atoms with Crippen LogP contribution in [0.25, 0.3) is 0 Å². The van der Waals surface area contributed by atoms with Crippen LogP contribution in [0.1, 0.15) is 0 Å². The molecule has 0 N–H and O–H groups in total. The second-order valence-electron chi connectivity index (χ2n) is 2.78. The molecule has 0 rings (SSSR count). The Kier molecular flexibility index (Phi) is 5.28. The zero-order chi connectivity index (χ0) is 13.0. The normalized spacial score (nSPS) is 14.0. The predicted octanol–water partition coefficient (Wildman–Crippen LogP) is 3.44. The van der Waals surface area contributed by atoms with Gasteiger partial charge in [0.15, 0.2) is 13.2 Å². The summed E-state index contributed by atoms with van der Waals surface area (Å²) >= 11 is 0. The quantitative estimate of drug-likeness (QED) is 0.580. The monoisotopic (exact) mass is 273 g/mol. The molecule has 0 amide bonds. The predicted molar refractivity (Wildman–Crippen MR) is 45.2 cm³/mol. The van der Waals surface area contributed by atoms with Crippen LogP contribution in [0.3, 0.4) is 0 Å². The fraction of sp³-hybridized carbons (Fsp3) is 1.00. The molecule has 0 unspecified atom stereocenters. The maximum atomic E-state index is 11.8. The van der Waals surface area contributed by atoms with Gasteiger partial charge in [-0.05, 0) is 0 Å². The summed E-state index contributed by atoms with van der Waals surface area (Å²) in [5.74, 6) is 0. The van der Waals surface area contributed by atoms with E-state index in [1.807, 2.05) is 0 Å². The van der Waals surface area contributed by atoms with Crippen LogP contribution >= 0.6 is 7.51 Å². The Morgan fingerprint density at radius 3 is 1.44 bits per heavy atom. The minimum Gasteiger partial charge on any atom is -0.314 e. The lowest BCUT2D eigenvalue weighted by Gasteiger charge is -2.21. The van der Waals surface area contributed by atoms with Crippen molar-refractivity contribution in [2.45, 2.75) is 12.4 Å². The van der Waals surface area contributed by atoms with E-state index in [-0.39, 0.29) is 0 Å². The summed E-state index contributed by atoms with van der Waals surface area (Å²) < 4.78 is 82.4. The van der Waals surface area contributed by atoms with Gasteiger partial charge in [-0.25, -0.2) is 0 Å². The lowest BCUT2D eigenvalue weighted by Crippen LogP contribution is -2.19. The first kappa shape index (κ1) is 15.7. The molecule has 98 valence electrons. The Hall–Kier alpha value is -0.270. The van der Waals surface area contributed by atoms with Crippen molar-refractivity contribution in [1.82, 2.24) is 0 Å². The van der Waals surface area contributed by atoms with E-state index in [4.69, 9.17) is 0 Å². The molecular formula is C6H10F6NO2P. The number of rotatable bonds is 4. The molecule has 0 aliphatic rings. The first-order chi connectivity index (χ1) is 6.97. The number of halogens is 6. The van der Waals surface area contributed by atoms with E-state index in [2.05, 4.69) is 13.8 Å². The Bertz CT molecular complexity index is 251. The molecule has 0 saturated carbocycles. The van der Waals surface area contributed by atoms with E-state index < -0.39 is 33.1 Å². The van der Waals surface area contributed by atoms with Crippen molar-refractivity contribution >= 4 is 7.51 Å². The molecule has 3 nitrogen and oxygen atoms in total. The van der Waals surface area contributed by atoms with Gasteiger partial charge in [0.1, 0.15) is 0 Å². The Morgan fingerprint density at radius 2 is 1.25 bits per heavy atom. The molecule has 0 aromatic heterocycles. The molecule has 10 heteroatoms. The second-order valence-corrected chi connectivity index (χ2v) is 5.30. The minimum absolute atomic E-state index is 0.977. The summed E-state index contributed by atoms with van der Waals surface area (Å²) in [7, 11) is -2.42. The standard InChI is InChI=1S/C6H10F6NO2P/c1-13-16(2,14-3-5(7,8)9)15-4-6(10,11)12/h3-4H2,1-2H3. The van der Waals surface area contributed by atoms with Crippen molar-refractivity contribution in [3.63, 3.8) is 0 Å². The lowest BCUT2D eigenvalue weighted by molar-refractivity contribution is -0.163. The smallest absolute Gasteiger partial charge is 0.314 e. The molecule has 0 atom stereocenters. The Balaban J connectivity index is 4.35. The number of nitrogens with zero attached hydrogens (tertiary/aromatic N) is 1. The highest BCUT2D eigenvalue weighted by Crippen LogP contribution is 2.49. The molecule has 16 heavy (non-hydrogen) atoms. The van der Waals surface area contributed by atoms with Crippen LogP contribution in [0.2, 0.25) is 0 Å². The van der Waals surface area contributed by atoms with Crippen LogP contribution in [-0.4, -0.2) is 39.3 Å². The average molecular weight is 273 g/mol. The Labute approximate surface area is 87.9 Å². The summed E-state index contributed by atoms with van der Waals surface area (Å²) in [6.45, 7) is -2.40. The van der Waals surface area contributed by atoms with Gasteiger partial charge in [-0.3, -0.25) is 4.74 Å². The topological polar surface area (TPSA) is 30.8 Å². The SMILES string of the molecule is CN=P(C)(OCC(F)(F)F)OCC(F)(F)F. The summed E-state index contributed by atoms with van der Waals surface area (Å²) in [5.41, 5.74) is 0. The van der Waals surface area contributed by atoms with Crippen LogP contribution in [0.15, 0.2) is 4.74 Å². The third kappa shape index (κ3) is 7.95. The zero-order valence-electron chi connectivity index (χ0n) is 8.39. The molecule has 0 aliphatic carbocycles. The maximum absolute atomic E-state index is 11.8. The van der Waals surface area contributed by atoms with Gasteiger partial charge in [-0.2, -0.15) is 26.3 Å². The van der Waals surface area contributed by atoms with Crippen molar-refractivity contribution in [1.29, 1.82) is 0 Å². The summed E-state index contributed by atoms with van der Waals surface area (Å²) in [6.07, 6.45) is -9.26. The summed E-state index contributed by atoms with van der Waals surface area (Å²) in [5, 5.41) is 0. The number of hydrogen-bond acceptors (Lipinski definition) is 3. The average Bonchev–Trinajstić information content (AvgIpc) is 2.09. The van der Waals surface area contributed by atoms with Crippen LogP contribution < -0.4 is 0 Å². The molecule has 0 aliphatic heterocycles. The maximum Gasteiger partial charge on any atom is 0.412 e. The van der Waals surface area contributed by atoms with E-state index in [0.717, 1.165) is 13.7 Å². The van der Waals surface area contributed by atoms with Gasteiger partial charge >= 0.3 is 12.4 Å². The van der Waals surface area contributed by atoms with E-state index in [9.17, 15) is 26.3 Å². The van der Waals surface area contributed by atoms with Crippen molar-refractivity contribution in [3.05, 3.63) is 0 Å². The molecule has 0 bridgehead atoms. The second kappa shape index (κ2) is 5.37. The van der Waals surface area contributed by atoms with E-state index >= 15 is 0 Å². The first-order valence-electron chi connectivity index (χ1n) is 3.88. The van der Waals surface area contributed by atoms with Crippen molar-refractivity contribution in [2.75, 3.05) is 26.9 Å². The van der Waals surface area contributed by atoms with Gasteiger partial charge in [0.05, 0.1) is 0 Å². The molecule has 0 spiro atoms. The fourth-order valence-electron chi connectivity index (χ4n) is 0.539. The first-order valence-corrected chi connectivity index (χ1v) is 5.90. The van der Waals surface area contributed by atoms with E-state index in [1.54, 1.807) is 0 Å². The molecular weight excluding hydrogens is 263 g/mol. The van der Waals surface area contributed by atoms with E-state index in [0.29, 0.717) is 0 Å². The number of alkyl halides is 6. The van der Waals surface area contributed by atoms with Gasteiger partial charge in [-0.15, -0.1) is 0 Å². The highest BCUT2D eigenvalue weighted by molar-refractivity contribution is 7.55. The molecule has 0 aromatic carbocycles. The molecule has 0 aromatic rings. The highest BCUT2D eigenvalue weighted by atomic mass is 31.2. The van der Waals surface area contributed by atoms with Crippen LogP contribution in [0.4, 0.5) is 26.3 Å². The van der Waals surface area contributed by atoms with Crippen LogP contribution in [0, 0.1) is 0 Å². The third-order valence-corrected chi connectivity index (χ3v) is 3.24. The minimum atomic E-state index is -4.63. The third-order valence-electron chi connectivity index (χ3n) is 1.30. The van der Waals surface area contributed by atoms with Gasteiger partial charge in [0.25, 0.3) is 0 Å². The van der Waals surface area contributed by atoms with Gasteiger partial charge in [-0.1, -0.05) is 0 Å². The van der Waals surface area contributed by atoms with E-state index in [1.165, 1.54) is 0 Å². The Morgan fingerprint density at radius 1 is 0.938 bits per heavy atom. The van der Waals surface area contributed by atoms with Gasteiger partial charge in [0.2, 0.25) is 7.51 Å². The van der Waals surface area contributed by atoms with Crippen LogP contribution in [-0.2, 0) is 9.05 Å². The lowest BCUT2D eigenvalue weighted by atomic mass is 10.7. The van der Waals surface area contributed by atoms with Crippen molar-refractivity contribution in [2.24, 2.45) is 4.74 Å². The summed E-state index contributed by atoms with van der Waals surface area (Å²) in [4.78, 5) is 0. The fourth-order valence-corrected chi connectivity index (χ4v) is 1.62. The van der Waals surface area contributed by atoms with Gasteiger partial charge < -0.3 is 9.05 Å². The molecule has 0 radical (unpaired) electrons. The largest absolute Gasteiger partial charge is 0.412 e. The number of hydrogen-bond donors (Lipinski definition) is 0. The molecule has 0 fully saturated rings. The van der Waals surface area contributed by atoms with Gasteiger partial charge in [0, 0.05) is 13.7 Å². The van der Waals surface area contributed by atoms with Crippen molar-refractivity contribution in [3.8, 4) is 0 Å².